The topological polar surface area (TPSA) is 4.93 Å². The van der Waals surface area contributed by atoms with E-state index in [1.165, 1.54) is 109 Å². The molecule has 2 fully saturated rings. The zero-order chi connectivity index (χ0) is 29.0. The van der Waals surface area contributed by atoms with E-state index < -0.39 is 0 Å². The van der Waals surface area contributed by atoms with Gasteiger partial charge in [-0.3, -0.25) is 0 Å². The van der Waals surface area contributed by atoms with Gasteiger partial charge in [-0.25, -0.2) is 0 Å². The molecule has 2 aliphatic rings. The molecule has 0 atom stereocenters. The number of hydrogen-bond donors (Lipinski definition) is 0. The van der Waals surface area contributed by atoms with E-state index in [-0.39, 0.29) is 7.92 Å². The minimum Gasteiger partial charge on any atom is -0.343 e. The number of benzene rings is 4. The fourth-order valence-electron chi connectivity index (χ4n) is 7.92. The molecule has 2 heteroatoms. The standard InChI is InChI=1S/C41H44NP/c1-42-38-28-16-14-26-35(38)40(37(32-20-8-3-9-21-32)30-31-18-6-2-7-19-31)41(42)36-27-15-17-29-39(36)43(33-22-10-4-11-23-33)34-24-12-5-13-25-34/h2-3,6-9,14-21,26-30,33-34H,4-5,10-13,22-25H2,1H3/b37-30+. The van der Waals surface area contributed by atoms with Crippen LogP contribution in [0.15, 0.2) is 109 Å². The number of aromatic nitrogens is 1. The smallest absolute Gasteiger partial charge is 0.0575 e. The van der Waals surface area contributed by atoms with E-state index in [0.29, 0.717) is 0 Å². The molecule has 0 N–H and O–H groups in total. The van der Waals surface area contributed by atoms with E-state index in [1.54, 1.807) is 5.30 Å². The summed E-state index contributed by atoms with van der Waals surface area (Å²) in [5.41, 5.74) is 11.0. The lowest BCUT2D eigenvalue weighted by atomic mass is 9.91. The summed E-state index contributed by atoms with van der Waals surface area (Å²) in [5, 5.41) is 3.00. The number of hydrogen-bond acceptors (Lipinski definition) is 0. The van der Waals surface area contributed by atoms with Crippen LogP contribution in [0.2, 0.25) is 0 Å². The summed E-state index contributed by atoms with van der Waals surface area (Å²) >= 11 is 0. The van der Waals surface area contributed by atoms with Crippen LogP contribution in [0.3, 0.4) is 0 Å². The Bertz CT molecular complexity index is 1670. The van der Waals surface area contributed by atoms with E-state index in [4.69, 9.17) is 0 Å². The van der Waals surface area contributed by atoms with Crippen molar-refractivity contribution in [3.8, 4) is 11.3 Å². The zero-order valence-electron chi connectivity index (χ0n) is 25.6. The van der Waals surface area contributed by atoms with Gasteiger partial charge in [-0.15, -0.1) is 0 Å². The molecule has 0 amide bonds. The van der Waals surface area contributed by atoms with Gasteiger partial charge in [-0.2, -0.15) is 0 Å². The predicted molar refractivity (Wildman–Crippen MR) is 189 cm³/mol. The molecule has 2 saturated carbocycles. The molecule has 0 spiro atoms. The van der Waals surface area contributed by atoms with Crippen molar-refractivity contribution >= 4 is 35.8 Å². The first-order chi connectivity index (χ1) is 21.3. The molecule has 0 unspecified atom stereocenters. The molecule has 218 valence electrons. The average molecular weight is 582 g/mol. The largest absolute Gasteiger partial charge is 0.343 e. The van der Waals surface area contributed by atoms with Gasteiger partial charge in [-0.1, -0.05) is 150 Å². The Balaban J connectivity index is 1.49. The fourth-order valence-corrected chi connectivity index (χ4v) is 11.9. The van der Waals surface area contributed by atoms with E-state index in [0.717, 1.165) is 11.3 Å². The number of fused-ring (bicyclic) bond motifs is 1. The maximum absolute atomic E-state index is 2.54. The van der Waals surface area contributed by atoms with Crippen molar-refractivity contribution in [2.24, 2.45) is 7.05 Å². The summed E-state index contributed by atoms with van der Waals surface area (Å²) in [6, 6.07) is 40.6. The van der Waals surface area contributed by atoms with Crippen LogP contribution in [0, 0.1) is 0 Å². The Labute approximate surface area is 259 Å². The third kappa shape index (κ3) is 5.77. The van der Waals surface area contributed by atoms with Crippen LogP contribution in [-0.2, 0) is 7.05 Å². The number of para-hydroxylation sites is 1. The third-order valence-corrected chi connectivity index (χ3v) is 13.5. The summed E-state index contributed by atoms with van der Waals surface area (Å²) in [4.78, 5) is 0. The molecule has 5 aromatic rings. The van der Waals surface area contributed by atoms with Gasteiger partial charge >= 0.3 is 0 Å². The van der Waals surface area contributed by atoms with Crippen LogP contribution in [0.25, 0.3) is 33.8 Å². The molecular formula is C41H44NP. The first-order valence-electron chi connectivity index (χ1n) is 16.6. The normalized spacial score (nSPS) is 17.1. The second kappa shape index (κ2) is 13.1. The Morgan fingerprint density at radius 3 is 1.86 bits per heavy atom. The van der Waals surface area contributed by atoms with Gasteiger partial charge in [0.2, 0.25) is 0 Å². The van der Waals surface area contributed by atoms with E-state index >= 15 is 0 Å². The molecule has 0 saturated heterocycles. The molecule has 1 aromatic heterocycles. The van der Waals surface area contributed by atoms with Crippen LogP contribution in [0.1, 0.15) is 80.9 Å². The van der Waals surface area contributed by atoms with Crippen LogP contribution >= 0.6 is 7.92 Å². The van der Waals surface area contributed by atoms with E-state index in [2.05, 4.69) is 127 Å². The van der Waals surface area contributed by atoms with Gasteiger partial charge < -0.3 is 4.57 Å². The molecule has 7 rings (SSSR count). The van der Waals surface area contributed by atoms with Gasteiger partial charge in [0, 0.05) is 29.1 Å². The number of nitrogens with zero attached hydrogens (tertiary/aromatic N) is 1. The van der Waals surface area contributed by atoms with Crippen molar-refractivity contribution in [3.05, 3.63) is 126 Å². The van der Waals surface area contributed by atoms with Crippen LogP contribution in [0.4, 0.5) is 0 Å². The van der Waals surface area contributed by atoms with Crippen molar-refractivity contribution < 1.29 is 0 Å². The average Bonchev–Trinajstić information content (AvgIpc) is 3.37. The molecule has 1 heterocycles. The second-order valence-corrected chi connectivity index (χ2v) is 15.4. The quantitative estimate of drug-likeness (QED) is 0.133. The van der Waals surface area contributed by atoms with E-state index in [9.17, 15) is 0 Å². The first-order valence-corrected chi connectivity index (χ1v) is 18.1. The number of rotatable bonds is 7. The number of aryl methyl sites for hydroxylation is 1. The lowest BCUT2D eigenvalue weighted by molar-refractivity contribution is 0.487. The van der Waals surface area contributed by atoms with Crippen LogP contribution in [0.5, 0.6) is 0 Å². The summed E-state index contributed by atoms with van der Waals surface area (Å²) in [6.07, 6.45) is 16.6. The minimum absolute atomic E-state index is 0.245. The maximum atomic E-state index is 2.54. The highest BCUT2D eigenvalue weighted by molar-refractivity contribution is 7.67. The predicted octanol–water partition coefficient (Wildman–Crippen LogP) is 11.2. The summed E-state index contributed by atoms with van der Waals surface area (Å²) < 4.78 is 2.50. The highest BCUT2D eigenvalue weighted by Gasteiger charge is 2.34. The Morgan fingerprint density at radius 1 is 0.628 bits per heavy atom. The van der Waals surface area contributed by atoms with Crippen molar-refractivity contribution in [2.45, 2.75) is 75.5 Å². The van der Waals surface area contributed by atoms with Gasteiger partial charge in [0.05, 0.1) is 5.69 Å². The third-order valence-electron chi connectivity index (χ3n) is 9.95. The zero-order valence-corrected chi connectivity index (χ0v) is 26.5. The Kier molecular flexibility index (Phi) is 8.62. The van der Waals surface area contributed by atoms with Crippen molar-refractivity contribution in [2.75, 3.05) is 0 Å². The highest BCUT2D eigenvalue weighted by atomic mass is 31.1. The minimum atomic E-state index is -0.245. The molecule has 1 nitrogen and oxygen atoms in total. The molecule has 4 aromatic carbocycles. The molecule has 2 aliphatic carbocycles. The molecular weight excluding hydrogens is 537 g/mol. The lowest BCUT2D eigenvalue weighted by Gasteiger charge is -2.39. The lowest BCUT2D eigenvalue weighted by Crippen LogP contribution is -2.27. The SMILES string of the molecule is Cn1c(-c2ccccc2P(C2CCCCC2)C2CCCCC2)c(/C(=C/c2ccccc2)c2ccccc2)c2ccccc21. The van der Waals surface area contributed by atoms with Crippen molar-refractivity contribution in [1.29, 1.82) is 0 Å². The monoisotopic (exact) mass is 581 g/mol. The fraction of sp³-hybridized carbons (Fsp3) is 0.317. The molecule has 0 aliphatic heterocycles. The van der Waals surface area contributed by atoms with Gasteiger partial charge in [0.15, 0.2) is 0 Å². The molecule has 0 bridgehead atoms. The summed E-state index contributed by atoms with van der Waals surface area (Å²) in [7, 11) is 2.05. The second-order valence-electron chi connectivity index (χ2n) is 12.6. The highest BCUT2D eigenvalue weighted by Crippen LogP contribution is 2.56. The molecule has 43 heavy (non-hydrogen) atoms. The van der Waals surface area contributed by atoms with Gasteiger partial charge in [-0.05, 0) is 71.1 Å². The van der Waals surface area contributed by atoms with Crippen LogP contribution in [-0.4, -0.2) is 15.9 Å². The first kappa shape index (κ1) is 28.4. The van der Waals surface area contributed by atoms with Gasteiger partial charge in [0.1, 0.15) is 0 Å². The Hall–Kier alpha value is -3.41. The maximum Gasteiger partial charge on any atom is 0.0575 e. The van der Waals surface area contributed by atoms with Gasteiger partial charge in [0.25, 0.3) is 0 Å². The van der Waals surface area contributed by atoms with Crippen molar-refractivity contribution in [1.82, 2.24) is 4.57 Å². The van der Waals surface area contributed by atoms with E-state index in [1.807, 2.05) is 0 Å². The Morgan fingerprint density at radius 2 is 1.19 bits per heavy atom. The summed E-state index contributed by atoms with van der Waals surface area (Å²) in [6.45, 7) is 0. The summed E-state index contributed by atoms with van der Waals surface area (Å²) in [5.74, 6) is 0. The van der Waals surface area contributed by atoms with Crippen molar-refractivity contribution in [3.63, 3.8) is 0 Å². The molecule has 0 radical (unpaired) electrons. The van der Waals surface area contributed by atoms with Crippen LogP contribution < -0.4 is 5.30 Å².